The molecule has 1 aromatic rings. The predicted octanol–water partition coefficient (Wildman–Crippen LogP) is 0.0766. The number of carboxylic acid groups (broad SMARTS) is 1. The molecule has 2 amide bonds. The van der Waals surface area contributed by atoms with Crippen molar-refractivity contribution >= 4 is 12.0 Å². The molecule has 0 spiro atoms. The van der Waals surface area contributed by atoms with Crippen LogP contribution < -0.4 is 10.6 Å². The van der Waals surface area contributed by atoms with Crippen molar-refractivity contribution in [1.82, 2.24) is 25.6 Å². The summed E-state index contributed by atoms with van der Waals surface area (Å²) in [5, 5.41) is 21.5. The van der Waals surface area contributed by atoms with Crippen LogP contribution in [0.2, 0.25) is 0 Å². The maximum atomic E-state index is 11.5. The van der Waals surface area contributed by atoms with Crippen molar-refractivity contribution in [3.05, 3.63) is 12.4 Å². The second kappa shape index (κ2) is 7.34. The van der Waals surface area contributed by atoms with Crippen molar-refractivity contribution in [2.45, 2.75) is 32.9 Å². The molecule has 19 heavy (non-hydrogen) atoms. The molecule has 2 atom stereocenters. The van der Waals surface area contributed by atoms with Gasteiger partial charge >= 0.3 is 12.0 Å². The van der Waals surface area contributed by atoms with Gasteiger partial charge in [-0.2, -0.15) is 0 Å². The average molecular weight is 269 g/mol. The molecular weight excluding hydrogens is 250 g/mol. The molecule has 0 radical (unpaired) electrons. The molecule has 0 aromatic carbocycles. The molecule has 3 N–H and O–H groups in total. The van der Waals surface area contributed by atoms with Crippen LogP contribution in [0.4, 0.5) is 4.79 Å². The fourth-order valence-electron chi connectivity index (χ4n) is 1.39. The van der Waals surface area contributed by atoms with Crippen molar-refractivity contribution in [3.63, 3.8) is 0 Å². The topological polar surface area (TPSA) is 109 Å². The number of carbonyl (C=O) groups excluding carboxylic acids is 1. The number of aromatic nitrogens is 3. The predicted molar refractivity (Wildman–Crippen MR) is 67.4 cm³/mol. The number of aryl methyl sites for hydroxylation is 1. The average Bonchev–Trinajstić information content (AvgIpc) is 2.86. The van der Waals surface area contributed by atoms with Gasteiger partial charge in [0.25, 0.3) is 0 Å². The Morgan fingerprint density at radius 1 is 1.42 bits per heavy atom. The van der Waals surface area contributed by atoms with E-state index in [1.165, 1.54) is 0 Å². The Morgan fingerprint density at radius 2 is 2.16 bits per heavy atom. The first-order valence-electron chi connectivity index (χ1n) is 6.12. The standard InChI is InChI=1S/C11H19N5O3/c1-8(10(17)18)9(2)14-11(19)12-4-3-6-16-7-5-13-15-16/h5,7-9H,3-4,6H2,1-2H3,(H,17,18)(H2,12,14,19). The second-order valence-corrected chi connectivity index (χ2v) is 4.34. The van der Waals surface area contributed by atoms with Crippen molar-refractivity contribution in [3.8, 4) is 0 Å². The minimum absolute atomic E-state index is 0.362. The third-order valence-corrected chi connectivity index (χ3v) is 2.82. The summed E-state index contributed by atoms with van der Waals surface area (Å²) >= 11 is 0. The fourth-order valence-corrected chi connectivity index (χ4v) is 1.39. The van der Waals surface area contributed by atoms with Gasteiger partial charge in [0.1, 0.15) is 0 Å². The van der Waals surface area contributed by atoms with E-state index in [0.717, 1.165) is 6.42 Å². The fraction of sp³-hybridized carbons (Fsp3) is 0.636. The minimum atomic E-state index is -0.931. The van der Waals surface area contributed by atoms with E-state index in [1.54, 1.807) is 30.9 Å². The van der Waals surface area contributed by atoms with Crippen LogP contribution in [0, 0.1) is 5.92 Å². The van der Waals surface area contributed by atoms with E-state index in [4.69, 9.17) is 5.11 Å². The summed E-state index contributed by atoms with van der Waals surface area (Å²) in [5.41, 5.74) is 0. The molecule has 8 nitrogen and oxygen atoms in total. The van der Waals surface area contributed by atoms with Gasteiger partial charge in [0.15, 0.2) is 0 Å². The molecular formula is C11H19N5O3. The highest BCUT2D eigenvalue weighted by Crippen LogP contribution is 2.01. The quantitative estimate of drug-likeness (QED) is 0.607. The van der Waals surface area contributed by atoms with E-state index in [1.807, 2.05) is 0 Å². The summed E-state index contributed by atoms with van der Waals surface area (Å²) in [6.45, 7) is 4.37. The van der Waals surface area contributed by atoms with Gasteiger partial charge in [-0.25, -0.2) is 4.79 Å². The van der Waals surface area contributed by atoms with E-state index in [9.17, 15) is 9.59 Å². The number of nitrogens with one attached hydrogen (secondary N) is 2. The summed E-state index contributed by atoms with van der Waals surface area (Å²) < 4.78 is 1.68. The minimum Gasteiger partial charge on any atom is -0.481 e. The SMILES string of the molecule is CC(NC(=O)NCCCn1ccnn1)C(C)C(=O)O. The largest absolute Gasteiger partial charge is 0.481 e. The van der Waals surface area contributed by atoms with Crippen molar-refractivity contribution < 1.29 is 14.7 Å². The molecule has 1 rings (SSSR count). The number of amides is 2. The Bertz CT molecular complexity index is 406. The normalized spacial score (nSPS) is 13.6. The summed E-state index contributed by atoms with van der Waals surface area (Å²) in [5.74, 6) is -1.56. The van der Waals surface area contributed by atoms with Crippen LogP contribution in [0.25, 0.3) is 0 Å². The molecule has 1 aromatic heterocycles. The maximum Gasteiger partial charge on any atom is 0.315 e. The third kappa shape index (κ3) is 5.36. The highest BCUT2D eigenvalue weighted by atomic mass is 16.4. The first-order chi connectivity index (χ1) is 9.00. The summed E-state index contributed by atoms with van der Waals surface area (Å²) in [6, 6.07) is -0.785. The zero-order valence-electron chi connectivity index (χ0n) is 11.0. The number of urea groups is 1. The molecule has 0 saturated carbocycles. The summed E-state index contributed by atoms with van der Waals surface area (Å²) in [7, 11) is 0. The van der Waals surface area contributed by atoms with Crippen LogP contribution in [-0.2, 0) is 11.3 Å². The zero-order valence-corrected chi connectivity index (χ0v) is 11.0. The lowest BCUT2D eigenvalue weighted by atomic mass is 10.0. The van der Waals surface area contributed by atoms with Crippen LogP contribution in [-0.4, -0.2) is 44.7 Å². The smallest absolute Gasteiger partial charge is 0.315 e. The molecule has 0 aliphatic carbocycles. The Hall–Kier alpha value is -2.12. The van der Waals surface area contributed by atoms with E-state index in [2.05, 4.69) is 20.9 Å². The van der Waals surface area contributed by atoms with Gasteiger partial charge in [-0.1, -0.05) is 5.21 Å². The van der Waals surface area contributed by atoms with Gasteiger partial charge in [-0.05, 0) is 20.3 Å². The number of carbonyl (C=O) groups is 2. The number of carboxylic acids is 1. The van der Waals surface area contributed by atoms with Gasteiger partial charge in [-0.15, -0.1) is 5.10 Å². The number of nitrogens with zero attached hydrogens (tertiary/aromatic N) is 3. The lowest BCUT2D eigenvalue weighted by Crippen LogP contribution is -2.45. The van der Waals surface area contributed by atoms with Gasteiger partial charge in [0.05, 0.1) is 12.1 Å². The number of rotatable bonds is 7. The van der Waals surface area contributed by atoms with Gasteiger partial charge < -0.3 is 15.7 Å². The second-order valence-electron chi connectivity index (χ2n) is 4.34. The molecule has 0 bridgehead atoms. The lowest BCUT2D eigenvalue weighted by molar-refractivity contribution is -0.141. The Morgan fingerprint density at radius 3 is 2.74 bits per heavy atom. The Labute approximate surface area is 111 Å². The molecule has 0 aliphatic heterocycles. The highest BCUT2D eigenvalue weighted by Gasteiger charge is 2.20. The van der Waals surface area contributed by atoms with E-state index in [-0.39, 0.29) is 6.03 Å². The molecule has 2 unspecified atom stereocenters. The van der Waals surface area contributed by atoms with E-state index < -0.39 is 17.9 Å². The van der Waals surface area contributed by atoms with E-state index >= 15 is 0 Å². The number of hydrogen-bond acceptors (Lipinski definition) is 4. The van der Waals surface area contributed by atoms with Gasteiger partial charge in [0.2, 0.25) is 0 Å². The summed E-state index contributed by atoms with van der Waals surface area (Å²) in [6.07, 6.45) is 4.06. The number of aliphatic carboxylic acids is 1. The van der Waals surface area contributed by atoms with Crippen LogP contribution in [0.1, 0.15) is 20.3 Å². The van der Waals surface area contributed by atoms with Crippen LogP contribution >= 0.6 is 0 Å². The summed E-state index contributed by atoms with van der Waals surface area (Å²) in [4.78, 5) is 22.2. The van der Waals surface area contributed by atoms with Gasteiger partial charge in [-0.3, -0.25) is 9.48 Å². The molecule has 1 heterocycles. The third-order valence-electron chi connectivity index (χ3n) is 2.82. The Balaban J connectivity index is 2.15. The van der Waals surface area contributed by atoms with E-state index in [0.29, 0.717) is 13.1 Å². The molecule has 0 aliphatic rings. The molecule has 106 valence electrons. The Kier molecular flexibility index (Phi) is 5.77. The van der Waals surface area contributed by atoms with Gasteiger partial charge in [0, 0.05) is 25.3 Å². The maximum absolute atomic E-state index is 11.5. The highest BCUT2D eigenvalue weighted by molar-refractivity contribution is 5.76. The first kappa shape index (κ1) is 14.9. The molecule has 8 heteroatoms. The monoisotopic (exact) mass is 269 g/mol. The van der Waals surface area contributed by atoms with Crippen LogP contribution in [0.3, 0.4) is 0 Å². The molecule has 0 saturated heterocycles. The van der Waals surface area contributed by atoms with Crippen molar-refractivity contribution in [2.24, 2.45) is 5.92 Å². The lowest BCUT2D eigenvalue weighted by Gasteiger charge is -2.18. The first-order valence-corrected chi connectivity index (χ1v) is 6.12. The van der Waals surface area contributed by atoms with Crippen molar-refractivity contribution in [2.75, 3.05) is 6.54 Å². The molecule has 0 fully saturated rings. The van der Waals surface area contributed by atoms with Crippen LogP contribution in [0.5, 0.6) is 0 Å². The zero-order chi connectivity index (χ0) is 14.3. The van der Waals surface area contributed by atoms with Crippen molar-refractivity contribution in [1.29, 1.82) is 0 Å². The van der Waals surface area contributed by atoms with Crippen LogP contribution in [0.15, 0.2) is 12.4 Å². The number of hydrogen-bond donors (Lipinski definition) is 3.